The van der Waals surface area contributed by atoms with Crippen molar-refractivity contribution in [2.24, 2.45) is 17.3 Å². The van der Waals surface area contributed by atoms with E-state index in [1.807, 2.05) is 12.3 Å². The lowest BCUT2D eigenvalue weighted by Crippen LogP contribution is -1.96. The van der Waals surface area contributed by atoms with Gasteiger partial charge in [0.25, 0.3) is 0 Å². The van der Waals surface area contributed by atoms with E-state index in [0.29, 0.717) is 23.4 Å². The zero-order valence-corrected chi connectivity index (χ0v) is 12.3. The molecule has 4 heteroatoms. The van der Waals surface area contributed by atoms with E-state index in [1.54, 1.807) is 10.7 Å². The molecule has 3 rings (SSSR count). The summed E-state index contributed by atoms with van der Waals surface area (Å²) in [4.78, 5) is 0. The molecule has 0 spiro atoms. The molecule has 0 radical (unpaired) electrons. The van der Waals surface area contributed by atoms with Crippen LogP contribution in [-0.2, 0) is 0 Å². The van der Waals surface area contributed by atoms with Crippen LogP contribution >= 0.6 is 0 Å². The molecule has 20 heavy (non-hydrogen) atoms. The molecule has 0 amide bonds. The second kappa shape index (κ2) is 4.40. The first kappa shape index (κ1) is 13.3. The van der Waals surface area contributed by atoms with Crippen LogP contribution in [0, 0.1) is 23.1 Å². The Morgan fingerprint density at radius 1 is 1.30 bits per heavy atom. The van der Waals surface area contributed by atoms with Gasteiger partial charge in [-0.15, -0.1) is 5.10 Å². The topological polar surface area (TPSA) is 30.7 Å². The van der Waals surface area contributed by atoms with E-state index < -0.39 is 0 Å². The molecule has 1 aliphatic rings. The first-order valence-electron chi connectivity index (χ1n) is 7.09. The Morgan fingerprint density at radius 3 is 2.65 bits per heavy atom. The van der Waals surface area contributed by atoms with Gasteiger partial charge >= 0.3 is 0 Å². The van der Waals surface area contributed by atoms with E-state index in [-0.39, 0.29) is 11.2 Å². The van der Waals surface area contributed by atoms with Crippen LogP contribution in [-0.4, -0.2) is 15.0 Å². The average molecular weight is 273 g/mol. The lowest BCUT2D eigenvalue weighted by molar-refractivity contribution is 0.451. The minimum atomic E-state index is -0.258. The van der Waals surface area contributed by atoms with Gasteiger partial charge in [-0.05, 0) is 35.4 Å². The fourth-order valence-electron chi connectivity index (χ4n) is 3.65. The zero-order chi connectivity index (χ0) is 14.5. The average Bonchev–Trinajstić information content (AvgIpc) is 2.73. The van der Waals surface area contributed by atoms with E-state index in [9.17, 15) is 4.39 Å². The van der Waals surface area contributed by atoms with Crippen molar-refractivity contribution in [2.75, 3.05) is 0 Å². The van der Waals surface area contributed by atoms with Crippen molar-refractivity contribution in [2.45, 2.75) is 33.6 Å². The van der Waals surface area contributed by atoms with E-state index in [2.05, 4.69) is 38.0 Å². The second-order valence-corrected chi connectivity index (χ2v) is 6.64. The standard InChI is InChI=1S/C16H20FN3/c1-10(2)14-15(16(14,3)4)13-9-20(19-18-13)12-7-5-6-11(17)8-12/h5-10,14-15H,1-4H3/t14-,15-/m0/s1. The van der Waals surface area contributed by atoms with Gasteiger partial charge < -0.3 is 0 Å². The largest absolute Gasteiger partial charge is 0.220 e. The summed E-state index contributed by atoms with van der Waals surface area (Å²) in [5, 5.41) is 8.45. The molecule has 106 valence electrons. The van der Waals surface area contributed by atoms with Crippen molar-refractivity contribution >= 4 is 0 Å². The van der Waals surface area contributed by atoms with E-state index in [1.165, 1.54) is 12.1 Å². The third kappa shape index (κ3) is 2.03. The SMILES string of the molecule is CC(C)[C@H]1[C@H](c2cn(-c3cccc(F)c3)nn2)C1(C)C. The van der Waals surface area contributed by atoms with Gasteiger partial charge in [0.1, 0.15) is 5.82 Å². The third-order valence-corrected chi connectivity index (χ3v) is 4.53. The van der Waals surface area contributed by atoms with Crippen molar-refractivity contribution in [1.82, 2.24) is 15.0 Å². The number of rotatable bonds is 3. The van der Waals surface area contributed by atoms with Gasteiger partial charge in [-0.2, -0.15) is 0 Å². The summed E-state index contributed by atoms with van der Waals surface area (Å²) in [6.07, 6.45) is 1.93. The minimum absolute atomic E-state index is 0.258. The maximum absolute atomic E-state index is 13.3. The Bertz CT molecular complexity index is 630. The Hall–Kier alpha value is -1.71. The van der Waals surface area contributed by atoms with Gasteiger partial charge in [-0.25, -0.2) is 9.07 Å². The van der Waals surface area contributed by atoms with Crippen LogP contribution in [0.2, 0.25) is 0 Å². The number of nitrogens with zero attached hydrogens (tertiary/aromatic N) is 3. The molecule has 0 bridgehead atoms. The zero-order valence-electron chi connectivity index (χ0n) is 12.3. The molecule has 1 aromatic heterocycles. The van der Waals surface area contributed by atoms with E-state index >= 15 is 0 Å². The van der Waals surface area contributed by atoms with Gasteiger partial charge in [-0.1, -0.05) is 39.0 Å². The Balaban J connectivity index is 1.89. The van der Waals surface area contributed by atoms with E-state index in [0.717, 1.165) is 5.69 Å². The van der Waals surface area contributed by atoms with Gasteiger partial charge in [-0.3, -0.25) is 0 Å². The highest BCUT2D eigenvalue weighted by atomic mass is 19.1. The van der Waals surface area contributed by atoms with Gasteiger partial charge in [0, 0.05) is 5.92 Å². The van der Waals surface area contributed by atoms with Crippen LogP contribution in [0.4, 0.5) is 4.39 Å². The highest BCUT2D eigenvalue weighted by Crippen LogP contribution is 2.66. The maximum Gasteiger partial charge on any atom is 0.125 e. The molecule has 1 aromatic carbocycles. The molecule has 1 heterocycles. The van der Waals surface area contributed by atoms with Crippen LogP contribution in [0.3, 0.4) is 0 Å². The first-order valence-corrected chi connectivity index (χ1v) is 7.09. The molecule has 0 saturated heterocycles. The number of hydrogen-bond donors (Lipinski definition) is 0. The van der Waals surface area contributed by atoms with Crippen molar-refractivity contribution in [3.63, 3.8) is 0 Å². The highest BCUT2D eigenvalue weighted by Gasteiger charge is 2.60. The monoisotopic (exact) mass is 273 g/mol. The second-order valence-electron chi connectivity index (χ2n) is 6.64. The van der Waals surface area contributed by atoms with Crippen molar-refractivity contribution in [3.05, 3.63) is 42.0 Å². The molecule has 0 N–H and O–H groups in total. The van der Waals surface area contributed by atoms with Crippen LogP contribution < -0.4 is 0 Å². The molecule has 1 aliphatic carbocycles. The van der Waals surface area contributed by atoms with Crippen molar-refractivity contribution in [1.29, 1.82) is 0 Å². The Morgan fingerprint density at radius 2 is 2.05 bits per heavy atom. The Labute approximate surface area is 118 Å². The molecule has 2 aromatic rings. The number of hydrogen-bond acceptors (Lipinski definition) is 2. The summed E-state index contributed by atoms with van der Waals surface area (Å²) in [6, 6.07) is 6.42. The maximum atomic E-state index is 13.3. The number of benzene rings is 1. The molecule has 0 unspecified atom stereocenters. The fourth-order valence-corrected chi connectivity index (χ4v) is 3.65. The molecule has 3 nitrogen and oxygen atoms in total. The molecule has 1 fully saturated rings. The minimum Gasteiger partial charge on any atom is -0.220 e. The quantitative estimate of drug-likeness (QED) is 0.851. The van der Waals surface area contributed by atoms with Gasteiger partial charge in [0.05, 0.1) is 17.6 Å². The summed E-state index contributed by atoms with van der Waals surface area (Å²) in [5.41, 5.74) is 2.00. The molecular weight excluding hydrogens is 253 g/mol. The molecule has 1 saturated carbocycles. The van der Waals surface area contributed by atoms with Crippen LogP contribution in [0.5, 0.6) is 0 Å². The Kier molecular flexibility index (Phi) is 2.92. The summed E-state index contributed by atoms with van der Waals surface area (Å²) in [5.74, 6) is 1.46. The van der Waals surface area contributed by atoms with Gasteiger partial charge in [0.15, 0.2) is 0 Å². The van der Waals surface area contributed by atoms with Crippen molar-refractivity contribution in [3.8, 4) is 5.69 Å². The van der Waals surface area contributed by atoms with E-state index in [4.69, 9.17) is 0 Å². The number of aromatic nitrogens is 3. The van der Waals surface area contributed by atoms with Crippen molar-refractivity contribution < 1.29 is 4.39 Å². The summed E-state index contributed by atoms with van der Waals surface area (Å²) < 4.78 is 14.9. The molecule has 2 atom stereocenters. The van der Waals surface area contributed by atoms with Gasteiger partial charge in [0.2, 0.25) is 0 Å². The van der Waals surface area contributed by atoms with Crippen LogP contribution in [0.15, 0.2) is 30.5 Å². The lowest BCUT2D eigenvalue weighted by Gasteiger charge is -2.04. The lowest BCUT2D eigenvalue weighted by atomic mass is 10.0. The summed E-state index contributed by atoms with van der Waals surface area (Å²) in [6.45, 7) is 9.07. The first-order chi connectivity index (χ1) is 9.41. The van der Waals surface area contributed by atoms with Crippen LogP contribution in [0.1, 0.15) is 39.3 Å². The normalized spacial score (nSPS) is 24.1. The highest BCUT2D eigenvalue weighted by molar-refractivity contribution is 5.33. The smallest absolute Gasteiger partial charge is 0.125 e. The fraction of sp³-hybridized carbons (Fsp3) is 0.500. The van der Waals surface area contributed by atoms with Crippen LogP contribution in [0.25, 0.3) is 5.69 Å². The predicted octanol–water partition coefficient (Wildman–Crippen LogP) is 3.80. The molecular formula is C16H20FN3. The summed E-state index contributed by atoms with van der Waals surface area (Å²) in [7, 11) is 0. The predicted molar refractivity (Wildman–Crippen MR) is 76.2 cm³/mol. The molecule has 0 aliphatic heterocycles. The summed E-state index contributed by atoms with van der Waals surface area (Å²) >= 11 is 0. The third-order valence-electron chi connectivity index (χ3n) is 4.53. The number of halogens is 1.